The van der Waals surface area contributed by atoms with E-state index in [1.165, 1.54) is 0 Å². The molecule has 0 amide bonds. The van der Waals surface area contributed by atoms with Gasteiger partial charge in [-0.25, -0.2) is 0 Å². The molecule has 2 nitrogen and oxygen atoms in total. The Labute approximate surface area is 127 Å². The van der Waals surface area contributed by atoms with E-state index in [1.807, 2.05) is 66.0 Å². The summed E-state index contributed by atoms with van der Waals surface area (Å²) in [7, 11) is 0. The minimum absolute atomic E-state index is 0.564. The van der Waals surface area contributed by atoms with Crippen LogP contribution in [0.15, 0.2) is 66.0 Å². The van der Waals surface area contributed by atoms with Gasteiger partial charge >= 0.3 is 0 Å². The fourth-order valence-electron chi connectivity index (χ4n) is 2.02. The van der Waals surface area contributed by atoms with Gasteiger partial charge in [0.15, 0.2) is 6.29 Å². The molecule has 0 aliphatic rings. The number of benzene rings is 2. The van der Waals surface area contributed by atoms with Gasteiger partial charge in [0, 0.05) is 15.8 Å². The van der Waals surface area contributed by atoms with Crippen molar-refractivity contribution in [3.05, 3.63) is 77.2 Å². The number of ether oxygens (including phenoxy) is 1. The molecule has 2 aromatic carbocycles. The van der Waals surface area contributed by atoms with Crippen LogP contribution in [0.1, 0.15) is 15.9 Å². The lowest BCUT2D eigenvalue weighted by Gasteiger charge is -2.06. The number of aldehydes is 1. The average molecular weight is 294 g/mol. The molecule has 3 rings (SSSR count). The van der Waals surface area contributed by atoms with E-state index in [1.54, 1.807) is 11.3 Å². The number of hydrogen-bond donors (Lipinski definition) is 0. The standard InChI is InChI=1S/C18H14O2S/c19-11-15-10-18(21-13-15)16-6-8-17(9-7-16)20-12-14-4-2-1-3-5-14/h1-11,13H,12H2. The molecule has 104 valence electrons. The second-order valence-corrected chi connectivity index (χ2v) is 5.57. The smallest absolute Gasteiger partial charge is 0.150 e. The normalized spacial score (nSPS) is 10.3. The van der Waals surface area contributed by atoms with Gasteiger partial charge in [0.05, 0.1) is 0 Å². The Bertz CT molecular complexity index is 714. The van der Waals surface area contributed by atoms with E-state index < -0.39 is 0 Å². The van der Waals surface area contributed by atoms with Crippen molar-refractivity contribution in [1.82, 2.24) is 0 Å². The molecule has 0 unspecified atom stereocenters. The highest BCUT2D eigenvalue weighted by Crippen LogP contribution is 2.28. The first-order valence-electron chi connectivity index (χ1n) is 6.66. The summed E-state index contributed by atoms with van der Waals surface area (Å²) in [5, 5.41) is 1.86. The summed E-state index contributed by atoms with van der Waals surface area (Å²) < 4.78 is 5.76. The summed E-state index contributed by atoms with van der Waals surface area (Å²) in [6, 6.07) is 19.9. The molecule has 0 bridgehead atoms. The first-order chi connectivity index (χ1) is 10.3. The van der Waals surface area contributed by atoms with Gasteiger partial charge in [-0.2, -0.15) is 0 Å². The van der Waals surface area contributed by atoms with Crippen molar-refractivity contribution in [2.24, 2.45) is 0 Å². The van der Waals surface area contributed by atoms with Crippen molar-refractivity contribution in [2.75, 3.05) is 0 Å². The predicted octanol–water partition coefficient (Wildman–Crippen LogP) is 4.81. The molecule has 0 atom stereocenters. The van der Waals surface area contributed by atoms with Crippen LogP contribution in [0.4, 0.5) is 0 Å². The fourth-order valence-corrected chi connectivity index (χ4v) is 2.88. The van der Waals surface area contributed by atoms with Gasteiger partial charge in [-0.15, -0.1) is 11.3 Å². The molecule has 21 heavy (non-hydrogen) atoms. The van der Waals surface area contributed by atoms with Gasteiger partial charge in [-0.3, -0.25) is 4.79 Å². The zero-order chi connectivity index (χ0) is 14.5. The third kappa shape index (κ3) is 3.38. The van der Waals surface area contributed by atoms with Crippen LogP contribution in [0.3, 0.4) is 0 Å². The average Bonchev–Trinajstić information content (AvgIpc) is 3.03. The second-order valence-electron chi connectivity index (χ2n) is 4.66. The van der Waals surface area contributed by atoms with Crippen molar-refractivity contribution in [3.8, 4) is 16.2 Å². The summed E-state index contributed by atoms with van der Waals surface area (Å²) in [6.07, 6.45) is 0.872. The molecule has 0 aliphatic carbocycles. The van der Waals surface area contributed by atoms with Crippen LogP contribution in [0.2, 0.25) is 0 Å². The highest BCUT2D eigenvalue weighted by atomic mass is 32.1. The lowest BCUT2D eigenvalue weighted by molar-refractivity contribution is 0.112. The Morgan fingerprint density at radius 1 is 1.00 bits per heavy atom. The van der Waals surface area contributed by atoms with Crippen LogP contribution >= 0.6 is 11.3 Å². The zero-order valence-corrected chi connectivity index (χ0v) is 12.2. The monoisotopic (exact) mass is 294 g/mol. The summed E-state index contributed by atoms with van der Waals surface area (Å²) in [4.78, 5) is 11.8. The molecule has 0 saturated heterocycles. The van der Waals surface area contributed by atoms with E-state index in [9.17, 15) is 4.79 Å². The highest BCUT2D eigenvalue weighted by molar-refractivity contribution is 7.13. The molecule has 3 heteroatoms. The van der Waals surface area contributed by atoms with Gasteiger partial charge in [0.1, 0.15) is 12.4 Å². The Morgan fingerprint density at radius 3 is 2.43 bits per heavy atom. The maximum absolute atomic E-state index is 10.7. The Kier molecular flexibility index (Phi) is 4.12. The Morgan fingerprint density at radius 2 is 1.76 bits per heavy atom. The minimum atomic E-state index is 0.564. The second kappa shape index (κ2) is 6.37. The molecule has 3 aromatic rings. The van der Waals surface area contributed by atoms with Crippen LogP contribution < -0.4 is 4.74 Å². The lowest BCUT2D eigenvalue weighted by atomic mass is 10.1. The Hall–Kier alpha value is -2.39. The quantitative estimate of drug-likeness (QED) is 0.631. The summed E-state index contributed by atoms with van der Waals surface area (Å²) in [5.74, 6) is 0.842. The van der Waals surface area contributed by atoms with Crippen LogP contribution in [-0.4, -0.2) is 6.29 Å². The van der Waals surface area contributed by atoms with E-state index in [4.69, 9.17) is 4.74 Å². The van der Waals surface area contributed by atoms with Gasteiger partial charge in [0.25, 0.3) is 0 Å². The van der Waals surface area contributed by atoms with Gasteiger partial charge in [0.2, 0.25) is 0 Å². The van der Waals surface area contributed by atoms with E-state index in [2.05, 4.69) is 0 Å². The third-order valence-electron chi connectivity index (χ3n) is 3.14. The number of carbonyl (C=O) groups is 1. The predicted molar refractivity (Wildman–Crippen MR) is 85.9 cm³/mol. The molecule has 1 aromatic heterocycles. The van der Waals surface area contributed by atoms with E-state index in [-0.39, 0.29) is 0 Å². The minimum Gasteiger partial charge on any atom is -0.489 e. The van der Waals surface area contributed by atoms with Gasteiger partial charge in [-0.1, -0.05) is 30.3 Å². The molecule has 0 spiro atoms. The summed E-state index contributed by atoms with van der Waals surface area (Å²) in [6.45, 7) is 0.564. The topological polar surface area (TPSA) is 26.3 Å². The molecule has 0 aliphatic heterocycles. The van der Waals surface area contributed by atoms with Gasteiger partial charge < -0.3 is 4.74 Å². The van der Waals surface area contributed by atoms with Crippen LogP contribution in [-0.2, 0) is 6.61 Å². The maximum Gasteiger partial charge on any atom is 0.150 e. The van der Waals surface area contributed by atoms with Crippen molar-refractivity contribution in [3.63, 3.8) is 0 Å². The number of hydrogen-bond acceptors (Lipinski definition) is 3. The van der Waals surface area contributed by atoms with Crippen molar-refractivity contribution < 1.29 is 9.53 Å². The highest BCUT2D eigenvalue weighted by Gasteiger charge is 2.03. The molecule has 0 saturated carbocycles. The van der Waals surface area contributed by atoms with E-state index in [0.717, 1.165) is 33.6 Å². The number of thiophene rings is 1. The van der Waals surface area contributed by atoms with E-state index >= 15 is 0 Å². The number of rotatable bonds is 5. The lowest BCUT2D eigenvalue weighted by Crippen LogP contribution is -1.94. The SMILES string of the molecule is O=Cc1csc(-c2ccc(OCc3ccccc3)cc2)c1. The van der Waals surface area contributed by atoms with Crippen LogP contribution in [0.5, 0.6) is 5.75 Å². The van der Waals surface area contributed by atoms with Gasteiger partial charge in [-0.05, 0) is 41.5 Å². The first-order valence-corrected chi connectivity index (χ1v) is 7.54. The van der Waals surface area contributed by atoms with Crippen LogP contribution in [0, 0.1) is 0 Å². The molecule has 0 N–H and O–H groups in total. The molecule has 1 heterocycles. The molecular weight excluding hydrogens is 280 g/mol. The largest absolute Gasteiger partial charge is 0.489 e. The van der Waals surface area contributed by atoms with Crippen molar-refractivity contribution in [2.45, 2.75) is 6.61 Å². The fraction of sp³-hybridized carbons (Fsp3) is 0.0556. The van der Waals surface area contributed by atoms with E-state index in [0.29, 0.717) is 6.61 Å². The third-order valence-corrected chi connectivity index (χ3v) is 4.14. The zero-order valence-electron chi connectivity index (χ0n) is 11.4. The summed E-state index contributed by atoms with van der Waals surface area (Å²) in [5.41, 5.74) is 2.97. The molecular formula is C18H14O2S. The molecule has 0 fully saturated rings. The first kappa shape index (κ1) is 13.6. The van der Waals surface area contributed by atoms with Crippen molar-refractivity contribution >= 4 is 17.6 Å². The molecule has 0 radical (unpaired) electrons. The van der Waals surface area contributed by atoms with Crippen molar-refractivity contribution in [1.29, 1.82) is 0 Å². The maximum atomic E-state index is 10.7. The number of carbonyl (C=O) groups excluding carboxylic acids is 1. The van der Waals surface area contributed by atoms with Crippen LogP contribution in [0.25, 0.3) is 10.4 Å². The summed E-state index contributed by atoms with van der Waals surface area (Å²) >= 11 is 1.57. The Balaban J connectivity index is 1.68.